The molecule has 0 aromatic carbocycles. The van der Waals surface area contributed by atoms with Crippen LogP contribution in [0.3, 0.4) is 0 Å². The number of hydrogen-bond donors (Lipinski definition) is 0. The van der Waals surface area contributed by atoms with Crippen molar-refractivity contribution in [2.45, 2.75) is 72.1 Å². The molecule has 0 aliphatic heterocycles. The summed E-state index contributed by atoms with van der Waals surface area (Å²) in [6, 6.07) is 0. The Morgan fingerprint density at radius 1 is 0.857 bits per heavy atom. The van der Waals surface area contributed by atoms with E-state index in [1.54, 1.807) is 0 Å². The van der Waals surface area contributed by atoms with Crippen molar-refractivity contribution in [3.05, 3.63) is 12.2 Å². The van der Waals surface area contributed by atoms with Gasteiger partial charge in [0.15, 0.2) is 0 Å². The molecule has 0 rings (SSSR count). The predicted octanol–water partition coefficient (Wildman–Crippen LogP) is 5.34. The Hall–Kier alpha value is -0.260. The molecule has 0 N–H and O–H groups in total. The van der Waals surface area contributed by atoms with Gasteiger partial charge in [0.1, 0.15) is 0 Å². The Labute approximate surface area is 90.8 Å². The monoisotopic (exact) mass is 196 g/mol. The number of allylic oxidation sites excluding steroid dienone is 2. The first-order chi connectivity index (χ1) is 6.77. The molecule has 0 heteroatoms. The third-order valence-corrected chi connectivity index (χ3v) is 2.54. The van der Waals surface area contributed by atoms with E-state index in [9.17, 15) is 0 Å². The standard InChI is InChI=1S/C14H28/c1-4-5-6-7-8-9-10-11-12-13-14(2)3/h9-10,14H,4-8,11-13H2,1-3H3/b10-9+. The van der Waals surface area contributed by atoms with E-state index >= 15 is 0 Å². The molecule has 14 heavy (non-hydrogen) atoms. The third kappa shape index (κ3) is 11.7. The molecule has 0 amide bonds. The van der Waals surface area contributed by atoms with Crippen LogP contribution in [0.1, 0.15) is 72.1 Å². The van der Waals surface area contributed by atoms with Crippen LogP contribution in [0.4, 0.5) is 0 Å². The summed E-state index contributed by atoms with van der Waals surface area (Å²) in [5.41, 5.74) is 0. The SMILES string of the molecule is CCCCCC/C=C/CCCC(C)C. The van der Waals surface area contributed by atoms with Crippen LogP contribution in [0.5, 0.6) is 0 Å². The zero-order chi connectivity index (χ0) is 10.6. The maximum Gasteiger partial charge on any atom is -0.0351 e. The van der Waals surface area contributed by atoms with Gasteiger partial charge in [0.05, 0.1) is 0 Å². The number of rotatable bonds is 9. The molecule has 0 aliphatic rings. The minimum absolute atomic E-state index is 0.868. The van der Waals surface area contributed by atoms with Crippen molar-refractivity contribution >= 4 is 0 Å². The van der Waals surface area contributed by atoms with E-state index in [0.29, 0.717) is 0 Å². The first-order valence-electron chi connectivity index (χ1n) is 6.42. The molecule has 0 nitrogen and oxygen atoms in total. The van der Waals surface area contributed by atoms with Crippen LogP contribution in [0, 0.1) is 5.92 Å². The first-order valence-corrected chi connectivity index (χ1v) is 6.42. The summed E-state index contributed by atoms with van der Waals surface area (Å²) in [5, 5.41) is 0. The summed E-state index contributed by atoms with van der Waals surface area (Å²) in [7, 11) is 0. The van der Waals surface area contributed by atoms with Gasteiger partial charge in [0.2, 0.25) is 0 Å². The van der Waals surface area contributed by atoms with Gasteiger partial charge >= 0.3 is 0 Å². The van der Waals surface area contributed by atoms with E-state index in [1.165, 1.54) is 51.4 Å². The van der Waals surface area contributed by atoms with Crippen LogP contribution in [0.2, 0.25) is 0 Å². The van der Waals surface area contributed by atoms with Crippen LogP contribution < -0.4 is 0 Å². The highest BCUT2D eigenvalue weighted by Crippen LogP contribution is 2.07. The zero-order valence-corrected chi connectivity index (χ0v) is 10.4. The Morgan fingerprint density at radius 3 is 2.07 bits per heavy atom. The summed E-state index contributed by atoms with van der Waals surface area (Å²) < 4.78 is 0. The summed E-state index contributed by atoms with van der Waals surface area (Å²) in [5.74, 6) is 0.868. The van der Waals surface area contributed by atoms with Crippen LogP contribution >= 0.6 is 0 Å². The second-order valence-electron chi connectivity index (χ2n) is 4.65. The van der Waals surface area contributed by atoms with Crippen LogP contribution in [-0.4, -0.2) is 0 Å². The van der Waals surface area contributed by atoms with E-state index in [1.807, 2.05) is 0 Å². The lowest BCUT2D eigenvalue weighted by molar-refractivity contribution is 0.559. The lowest BCUT2D eigenvalue weighted by atomic mass is 10.1. The zero-order valence-electron chi connectivity index (χ0n) is 10.4. The molecule has 0 aromatic heterocycles. The highest BCUT2D eigenvalue weighted by atomic mass is 14.0. The lowest BCUT2D eigenvalue weighted by Crippen LogP contribution is -1.85. The topological polar surface area (TPSA) is 0 Å². The smallest absolute Gasteiger partial charge is 0.0351 e. The fourth-order valence-corrected chi connectivity index (χ4v) is 1.57. The molecule has 0 aromatic rings. The van der Waals surface area contributed by atoms with Gasteiger partial charge in [0.25, 0.3) is 0 Å². The predicted molar refractivity (Wildman–Crippen MR) is 66.6 cm³/mol. The summed E-state index contributed by atoms with van der Waals surface area (Å²) in [6.45, 7) is 6.87. The maximum atomic E-state index is 2.37. The third-order valence-electron chi connectivity index (χ3n) is 2.54. The van der Waals surface area contributed by atoms with Crippen molar-refractivity contribution in [3.8, 4) is 0 Å². The van der Waals surface area contributed by atoms with Crippen LogP contribution in [0.25, 0.3) is 0 Å². The molecular formula is C14H28. The summed E-state index contributed by atoms with van der Waals surface area (Å²) in [6.07, 6.45) is 15.6. The van der Waals surface area contributed by atoms with Gasteiger partial charge in [-0.15, -0.1) is 0 Å². The van der Waals surface area contributed by atoms with E-state index < -0.39 is 0 Å². The molecule has 0 atom stereocenters. The highest BCUT2D eigenvalue weighted by Gasteiger charge is 1.91. The lowest BCUT2D eigenvalue weighted by Gasteiger charge is -2.00. The molecule has 0 saturated heterocycles. The minimum Gasteiger partial charge on any atom is -0.0885 e. The summed E-state index contributed by atoms with van der Waals surface area (Å²) >= 11 is 0. The largest absolute Gasteiger partial charge is 0.0885 e. The number of hydrogen-bond acceptors (Lipinski definition) is 0. The van der Waals surface area contributed by atoms with Crippen LogP contribution in [0.15, 0.2) is 12.2 Å². The number of unbranched alkanes of at least 4 members (excludes halogenated alkanes) is 5. The first kappa shape index (κ1) is 13.7. The Morgan fingerprint density at radius 2 is 1.50 bits per heavy atom. The molecule has 0 radical (unpaired) electrons. The molecule has 0 heterocycles. The Bertz CT molecular complexity index is 122. The van der Waals surface area contributed by atoms with E-state index in [-0.39, 0.29) is 0 Å². The normalized spacial score (nSPS) is 11.7. The van der Waals surface area contributed by atoms with Gasteiger partial charge in [-0.3, -0.25) is 0 Å². The van der Waals surface area contributed by atoms with Gasteiger partial charge in [-0.1, -0.05) is 58.6 Å². The van der Waals surface area contributed by atoms with E-state index in [4.69, 9.17) is 0 Å². The average Bonchev–Trinajstić information content (AvgIpc) is 2.15. The van der Waals surface area contributed by atoms with Crippen molar-refractivity contribution in [1.82, 2.24) is 0 Å². The molecule has 84 valence electrons. The molecule has 0 bridgehead atoms. The van der Waals surface area contributed by atoms with Crippen molar-refractivity contribution in [3.63, 3.8) is 0 Å². The van der Waals surface area contributed by atoms with Crippen molar-refractivity contribution in [1.29, 1.82) is 0 Å². The van der Waals surface area contributed by atoms with E-state index in [2.05, 4.69) is 32.9 Å². The molecular weight excluding hydrogens is 168 g/mol. The van der Waals surface area contributed by atoms with Gasteiger partial charge in [-0.2, -0.15) is 0 Å². The van der Waals surface area contributed by atoms with Crippen molar-refractivity contribution < 1.29 is 0 Å². The summed E-state index contributed by atoms with van der Waals surface area (Å²) in [4.78, 5) is 0. The fourth-order valence-electron chi connectivity index (χ4n) is 1.57. The molecule has 0 unspecified atom stereocenters. The van der Waals surface area contributed by atoms with Crippen LogP contribution in [-0.2, 0) is 0 Å². The molecule has 0 fully saturated rings. The van der Waals surface area contributed by atoms with Crippen molar-refractivity contribution in [2.75, 3.05) is 0 Å². The Kier molecular flexibility index (Phi) is 10.6. The van der Waals surface area contributed by atoms with Gasteiger partial charge < -0.3 is 0 Å². The highest BCUT2D eigenvalue weighted by molar-refractivity contribution is 4.81. The molecule has 0 spiro atoms. The van der Waals surface area contributed by atoms with Gasteiger partial charge in [-0.05, 0) is 31.6 Å². The maximum absolute atomic E-state index is 2.37. The second-order valence-corrected chi connectivity index (χ2v) is 4.65. The minimum atomic E-state index is 0.868. The van der Waals surface area contributed by atoms with E-state index in [0.717, 1.165) is 5.92 Å². The quantitative estimate of drug-likeness (QED) is 0.345. The second kappa shape index (κ2) is 10.8. The Balaban J connectivity index is 3.04. The van der Waals surface area contributed by atoms with Gasteiger partial charge in [-0.25, -0.2) is 0 Å². The van der Waals surface area contributed by atoms with Crippen molar-refractivity contribution in [2.24, 2.45) is 5.92 Å². The van der Waals surface area contributed by atoms with Gasteiger partial charge in [0, 0.05) is 0 Å². The average molecular weight is 196 g/mol. The molecule has 0 saturated carbocycles. The fraction of sp³-hybridized carbons (Fsp3) is 0.857. The molecule has 0 aliphatic carbocycles.